The predicted molar refractivity (Wildman–Crippen MR) is 83.3 cm³/mol. The lowest BCUT2D eigenvalue weighted by molar-refractivity contribution is -0.131. The number of amides is 3. The van der Waals surface area contributed by atoms with E-state index in [1.54, 1.807) is 31.2 Å². The van der Waals surface area contributed by atoms with Crippen LogP contribution >= 0.6 is 0 Å². The second-order valence-corrected chi connectivity index (χ2v) is 6.26. The zero-order chi connectivity index (χ0) is 16.6. The number of nitrogens with one attached hydrogen (secondary N) is 1. The number of imide groups is 1. The zero-order valence-electron chi connectivity index (χ0n) is 13.3. The molecule has 6 nitrogen and oxygen atoms in total. The number of benzene rings is 1. The second-order valence-electron chi connectivity index (χ2n) is 6.26. The van der Waals surface area contributed by atoms with Crippen LogP contribution in [0.25, 0.3) is 0 Å². The summed E-state index contributed by atoms with van der Waals surface area (Å²) in [6.45, 7) is 3.58. The van der Waals surface area contributed by atoms with Gasteiger partial charge >= 0.3 is 6.03 Å². The van der Waals surface area contributed by atoms with Crippen LogP contribution in [0.15, 0.2) is 24.3 Å². The van der Waals surface area contributed by atoms with Crippen molar-refractivity contribution in [1.82, 2.24) is 10.2 Å². The van der Waals surface area contributed by atoms with Crippen molar-refractivity contribution in [3.63, 3.8) is 0 Å². The van der Waals surface area contributed by atoms with Gasteiger partial charge in [0.25, 0.3) is 5.91 Å². The van der Waals surface area contributed by atoms with Crippen molar-refractivity contribution >= 4 is 17.7 Å². The van der Waals surface area contributed by atoms with Crippen LogP contribution in [0.1, 0.15) is 37.0 Å². The molecule has 1 unspecified atom stereocenters. The SMILES string of the molecule is CC(=O)c1ccccc1OCCN1C(=O)NC(C)(C2CC2)C1=O. The summed E-state index contributed by atoms with van der Waals surface area (Å²) in [5.74, 6) is 0.436. The maximum absolute atomic E-state index is 12.5. The fourth-order valence-corrected chi connectivity index (χ4v) is 2.99. The average molecular weight is 316 g/mol. The third-order valence-corrected chi connectivity index (χ3v) is 4.53. The molecule has 3 rings (SSSR count). The Morgan fingerprint density at radius 1 is 1.35 bits per heavy atom. The van der Waals surface area contributed by atoms with Gasteiger partial charge in [0.05, 0.1) is 12.1 Å². The molecule has 0 spiro atoms. The number of ketones is 1. The Labute approximate surface area is 134 Å². The third-order valence-electron chi connectivity index (χ3n) is 4.53. The molecule has 0 radical (unpaired) electrons. The molecule has 1 saturated heterocycles. The topological polar surface area (TPSA) is 75.7 Å². The molecule has 1 aliphatic heterocycles. The van der Waals surface area contributed by atoms with Gasteiger partial charge in [0.2, 0.25) is 0 Å². The first-order valence-corrected chi connectivity index (χ1v) is 7.80. The Morgan fingerprint density at radius 2 is 2.04 bits per heavy atom. The highest BCUT2D eigenvalue weighted by atomic mass is 16.5. The number of Topliss-reactive ketones (excluding diaryl/α,β-unsaturated/α-hetero) is 1. The van der Waals surface area contributed by atoms with E-state index < -0.39 is 5.54 Å². The molecule has 1 aromatic rings. The summed E-state index contributed by atoms with van der Waals surface area (Å²) in [4.78, 5) is 37.3. The Hall–Kier alpha value is -2.37. The molecule has 2 fully saturated rings. The molecular formula is C17H20N2O4. The van der Waals surface area contributed by atoms with E-state index in [2.05, 4.69) is 5.32 Å². The monoisotopic (exact) mass is 316 g/mol. The molecule has 3 amide bonds. The Kier molecular flexibility index (Phi) is 3.83. The number of carbonyl (C=O) groups excluding carboxylic acids is 3. The quantitative estimate of drug-likeness (QED) is 0.643. The highest BCUT2D eigenvalue weighted by molar-refractivity contribution is 6.07. The summed E-state index contributed by atoms with van der Waals surface area (Å²) < 4.78 is 5.61. The van der Waals surface area contributed by atoms with E-state index >= 15 is 0 Å². The van der Waals surface area contributed by atoms with Gasteiger partial charge in [-0.25, -0.2) is 4.79 Å². The van der Waals surface area contributed by atoms with Crippen molar-refractivity contribution < 1.29 is 19.1 Å². The van der Waals surface area contributed by atoms with Crippen LogP contribution in [-0.2, 0) is 4.79 Å². The van der Waals surface area contributed by atoms with Crippen LogP contribution in [0.3, 0.4) is 0 Å². The molecule has 1 aromatic carbocycles. The number of hydrogen-bond donors (Lipinski definition) is 1. The molecule has 1 saturated carbocycles. The first-order valence-electron chi connectivity index (χ1n) is 7.80. The molecule has 1 N–H and O–H groups in total. The van der Waals surface area contributed by atoms with E-state index in [1.807, 2.05) is 0 Å². The Bertz CT molecular complexity index is 668. The highest BCUT2D eigenvalue weighted by Crippen LogP contribution is 2.42. The van der Waals surface area contributed by atoms with E-state index in [9.17, 15) is 14.4 Å². The van der Waals surface area contributed by atoms with Crippen molar-refractivity contribution in [2.45, 2.75) is 32.2 Å². The molecule has 1 heterocycles. The zero-order valence-corrected chi connectivity index (χ0v) is 13.3. The lowest BCUT2D eigenvalue weighted by Gasteiger charge is -2.21. The van der Waals surface area contributed by atoms with Crippen molar-refractivity contribution in [3.8, 4) is 5.75 Å². The van der Waals surface area contributed by atoms with Gasteiger partial charge in [0.15, 0.2) is 5.78 Å². The number of rotatable bonds is 6. The van der Waals surface area contributed by atoms with Gasteiger partial charge in [-0.1, -0.05) is 12.1 Å². The lowest BCUT2D eigenvalue weighted by atomic mass is 9.96. The number of hydrogen-bond acceptors (Lipinski definition) is 4. The summed E-state index contributed by atoms with van der Waals surface area (Å²) in [6, 6.07) is 6.57. The fraction of sp³-hybridized carbons (Fsp3) is 0.471. The van der Waals surface area contributed by atoms with Gasteiger partial charge in [0, 0.05) is 0 Å². The first-order chi connectivity index (χ1) is 10.9. The average Bonchev–Trinajstić information content (AvgIpc) is 3.33. The van der Waals surface area contributed by atoms with Crippen molar-refractivity contribution in [1.29, 1.82) is 0 Å². The number of para-hydroxylation sites is 1. The molecule has 1 aliphatic carbocycles. The number of ether oxygens (including phenoxy) is 1. The molecule has 1 atom stereocenters. The van der Waals surface area contributed by atoms with Gasteiger partial charge in [-0.2, -0.15) is 0 Å². The number of carbonyl (C=O) groups is 3. The van der Waals surface area contributed by atoms with Crippen LogP contribution in [0.5, 0.6) is 5.75 Å². The van der Waals surface area contributed by atoms with Crippen LogP contribution in [0.4, 0.5) is 4.79 Å². The maximum Gasteiger partial charge on any atom is 0.325 e. The summed E-state index contributed by atoms with van der Waals surface area (Å²) in [5, 5.41) is 2.80. The van der Waals surface area contributed by atoms with Crippen LogP contribution in [0, 0.1) is 5.92 Å². The highest BCUT2D eigenvalue weighted by Gasteiger charge is 2.55. The summed E-state index contributed by atoms with van der Waals surface area (Å²) >= 11 is 0. The minimum atomic E-state index is -0.769. The van der Waals surface area contributed by atoms with Gasteiger partial charge in [-0.3, -0.25) is 14.5 Å². The van der Waals surface area contributed by atoms with Crippen molar-refractivity contribution in [3.05, 3.63) is 29.8 Å². The maximum atomic E-state index is 12.5. The fourth-order valence-electron chi connectivity index (χ4n) is 2.99. The van der Waals surface area contributed by atoms with Gasteiger partial charge < -0.3 is 10.1 Å². The Morgan fingerprint density at radius 3 is 2.70 bits per heavy atom. The third kappa shape index (κ3) is 2.81. The van der Waals surface area contributed by atoms with E-state index in [0.29, 0.717) is 11.3 Å². The molecule has 122 valence electrons. The smallest absolute Gasteiger partial charge is 0.325 e. The van der Waals surface area contributed by atoms with E-state index in [-0.39, 0.29) is 36.8 Å². The van der Waals surface area contributed by atoms with Crippen molar-refractivity contribution in [2.24, 2.45) is 5.92 Å². The first kappa shape index (κ1) is 15.5. The predicted octanol–water partition coefficient (Wildman–Crippen LogP) is 1.99. The number of nitrogens with zero attached hydrogens (tertiary/aromatic N) is 1. The summed E-state index contributed by atoms with van der Waals surface area (Å²) in [6.07, 6.45) is 1.94. The molecular weight excluding hydrogens is 296 g/mol. The molecule has 0 aromatic heterocycles. The molecule has 23 heavy (non-hydrogen) atoms. The normalized spacial score (nSPS) is 23.8. The van der Waals surface area contributed by atoms with Crippen LogP contribution in [0.2, 0.25) is 0 Å². The molecule has 2 aliphatic rings. The van der Waals surface area contributed by atoms with E-state index in [0.717, 1.165) is 12.8 Å². The lowest BCUT2D eigenvalue weighted by Crippen LogP contribution is -2.46. The summed E-state index contributed by atoms with van der Waals surface area (Å²) in [5.41, 5.74) is -0.276. The van der Waals surface area contributed by atoms with Crippen LogP contribution in [-0.4, -0.2) is 41.3 Å². The van der Waals surface area contributed by atoms with Gasteiger partial charge in [-0.15, -0.1) is 0 Å². The Balaban J connectivity index is 1.62. The minimum absolute atomic E-state index is 0.0862. The van der Waals surface area contributed by atoms with Gasteiger partial charge in [0.1, 0.15) is 17.9 Å². The van der Waals surface area contributed by atoms with Gasteiger partial charge in [-0.05, 0) is 44.7 Å². The molecule has 6 heteroatoms. The standard InChI is InChI=1S/C17H20N2O4/c1-11(20)13-5-3-4-6-14(13)23-10-9-19-15(21)17(2,12-7-8-12)18-16(19)22/h3-6,12H,7-10H2,1-2H3,(H,18,22). The van der Waals surface area contributed by atoms with Crippen LogP contribution < -0.4 is 10.1 Å². The van der Waals surface area contributed by atoms with E-state index in [1.165, 1.54) is 11.8 Å². The number of urea groups is 1. The summed E-state index contributed by atoms with van der Waals surface area (Å²) in [7, 11) is 0. The largest absolute Gasteiger partial charge is 0.491 e. The minimum Gasteiger partial charge on any atom is -0.491 e. The molecule has 0 bridgehead atoms. The second kappa shape index (κ2) is 5.68. The van der Waals surface area contributed by atoms with Crippen molar-refractivity contribution in [2.75, 3.05) is 13.2 Å². The van der Waals surface area contributed by atoms with E-state index in [4.69, 9.17) is 4.74 Å².